The minimum Gasteiger partial charge on any atom is -0.393 e. The summed E-state index contributed by atoms with van der Waals surface area (Å²) in [4.78, 5) is 15.9. The fourth-order valence-corrected chi connectivity index (χ4v) is 1.86. The standard InChI is InChI=1S/C9H10ClN7O/c10-7-14-8(13-5-1-6(18)2-5)16-9(15-7)17-4-11-3-12-17/h3-6,18H,1-2H2,(H,13,14,15,16). The van der Waals surface area contributed by atoms with Gasteiger partial charge in [0.25, 0.3) is 5.95 Å². The van der Waals surface area contributed by atoms with Crippen LogP contribution in [0.15, 0.2) is 12.7 Å². The highest BCUT2D eigenvalue weighted by Gasteiger charge is 2.27. The molecule has 0 atom stereocenters. The number of anilines is 1. The van der Waals surface area contributed by atoms with Gasteiger partial charge in [0.1, 0.15) is 12.7 Å². The Kier molecular flexibility index (Phi) is 2.80. The van der Waals surface area contributed by atoms with Gasteiger partial charge in [-0.3, -0.25) is 0 Å². The van der Waals surface area contributed by atoms with E-state index in [2.05, 4.69) is 30.4 Å². The molecule has 0 spiro atoms. The van der Waals surface area contributed by atoms with Crippen LogP contribution >= 0.6 is 11.6 Å². The third kappa shape index (κ3) is 2.24. The lowest BCUT2D eigenvalue weighted by atomic mass is 9.90. The van der Waals surface area contributed by atoms with Crippen LogP contribution in [0, 0.1) is 0 Å². The van der Waals surface area contributed by atoms with E-state index >= 15 is 0 Å². The number of nitrogens with one attached hydrogen (secondary N) is 1. The van der Waals surface area contributed by atoms with Crippen LogP contribution in [0.4, 0.5) is 5.95 Å². The van der Waals surface area contributed by atoms with Crippen molar-refractivity contribution in [3.8, 4) is 5.95 Å². The molecule has 0 saturated heterocycles. The lowest BCUT2D eigenvalue weighted by Crippen LogP contribution is -2.39. The normalized spacial score (nSPS) is 22.6. The lowest BCUT2D eigenvalue weighted by Gasteiger charge is -2.31. The summed E-state index contributed by atoms with van der Waals surface area (Å²) in [5.74, 6) is 0.673. The third-order valence-corrected chi connectivity index (χ3v) is 2.84. The molecule has 0 radical (unpaired) electrons. The van der Waals surface area contributed by atoms with Crippen molar-refractivity contribution in [3.63, 3.8) is 0 Å². The Morgan fingerprint density at radius 1 is 1.33 bits per heavy atom. The molecule has 1 aliphatic rings. The number of rotatable bonds is 3. The topological polar surface area (TPSA) is 102 Å². The first-order chi connectivity index (χ1) is 8.70. The predicted molar refractivity (Wildman–Crippen MR) is 62.4 cm³/mol. The predicted octanol–water partition coefficient (Wildman–Crippen LogP) is 0.0409. The van der Waals surface area contributed by atoms with Crippen molar-refractivity contribution in [2.45, 2.75) is 25.0 Å². The van der Waals surface area contributed by atoms with E-state index in [9.17, 15) is 5.11 Å². The molecule has 0 aromatic carbocycles. The van der Waals surface area contributed by atoms with E-state index < -0.39 is 0 Å². The number of halogens is 1. The van der Waals surface area contributed by atoms with Crippen LogP contribution in [0.5, 0.6) is 0 Å². The Bertz CT molecular complexity index is 540. The summed E-state index contributed by atoms with van der Waals surface area (Å²) in [7, 11) is 0. The number of hydrogen-bond donors (Lipinski definition) is 2. The van der Waals surface area contributed by atoms with Gasteiger partial charge in [0.05, 0.1) is 6.10 Å². The number of nitrogens with zero attached hydrogens (tertiary/aromatic N) is 6. The molecule has 0 aliphatic heterocycles. The van der Waals surface area contributed by atoms with E-state index in [-0.39, 0.29) is 17.4 Å². The van der Waals surface area contributed by atoms with Crippen molar-refractivity contribution < 1.29 is 5.11 Å². The Balaban J connectivity index is 1.82. The largest absolute Gasteiger partial charge is 0.393 e. The molecule has 9 heteroatoms. The smallest absolute Gasteiger partial charge is 0.258 e. The van der Waals surface area contributed by atoms with Crippen LogP contribution in [-0.4, -0.2) is 47.0 Å². The van der Waals surface area contributed by atoms with Gasteiger partial charge in [0.15, 0.2) is 0 Å². The molecule has 2 aromatic heterocycles. The van der Waals surface area contributed by atoms with Crippen LogP contribution < -0.4 is 5.32 Å². The molecule has 18 heavy (non-hydrogen) atoms. The monoisotopic (exact) mass is 267 g/mol. The van der Waals surface area contributed by atoms with Crippen molar-refractivity contribution in [1.82, 2.24) is 29.7 Å². The van der Waals surface area contributed by atoms with E-state index in [0.29, 0.717) is 24.7 Å². The summed E-state index contributed by atoms with van der Waals surface area (Å²) in [5.41, 5.74) is 0. The molecule has 1 saturated carbocycles. The number of aliphatic hydroxyl groups is 1. The number of aliphatic hydroxyl groups excluding tert-OH is 1. The summed E-state index contributed by atoms with van der Waals surface area (Å²) in [6, 6.07) is 0.169. The van der Waals surface area contributed by atoms with Gasteiger partial charge in [-0.1, -0.05) is 0 Å². The second kappa shape index (κ2) is 4.46. The van der Waals surface area contributed by atoms with Gasteiger partial charge in [-0.25, -0.2) is 4.98 Å². The zero-order chi connectivity index (χ0) is 12.5. The van der Waals surface area contributed by atoms with Crippen molar-refractivity contribution in [2.24, 2.45) is 0 Å². The van der Waals surface area contributed by atoms with E-state index in [1.165, 1.54) is 17.3 Å². The zero-order valence-electron chi connectivity index (χ0n) is 9.23. The maximum absolute atomic E-state index is 9.21. The molecule has 3 rings (SSSR count). The fourth-order valence-electron chi connectivity index (χ4n) is 1.71. The molecule has 0 unspecified atom stereocenters. The fraction of sp³-hybridized carbons (Fsp3) is 0.444. The average Bonchev–Trinajstić information content (AvgIpc) is 2.79. The molecule has 1 aliphatic carbocycles. The minimum atomic E-state index is -0.241. The first-order valence-electron chi connectivity index (χ1n) is 5.42. The molecule has 0 amide bonds. The van der Waals surface area contributed by atoms with Gasteiger partial charge < -0.3 is 10.4 Å². The second-order valence-electron chi connectivity index (χ2n) is 4.03. The lowest BCUT2D eigenvalue weighted by molar-refractivity contribution is 0.0834. The van der Waals surface area contributed by atoms with Gasteiger partial charge in [-0.05, 0) is 24.4 Å². The number of aromatic nitrogens is 6. The maximum Gasteiger partial charge on any atom is 0.258 e. The van der Waals surface area contributed by atoms with Gasteiger partial charge in [-0.15, -0.1) is 0 Å². The van der Waals surface area contributed by atoms with Crippen LogP contribution in [0.1, 0.15) is 12.8 Å². The van der Waals surface area contributed by atoms with Gasteiger partial charge >= 0.3 is 0 Å². The van der Waals surface area contributed by atoms with Crippen LogP contribution in [0.25, 0.3) is 5.95 Å². The van der Waals surface area contributed by atoms with Crippen LogP contribution in [0.2, 0.25) is 5.28 Å². The molecule has 0 bridgehead atoms. The second-order valence-corrected chi connectivity index (χ2v) is 4.37. The van der Waals surface area contributed by atoms with Crippen molar-refractivity contribution in [1.29, 1.82) is 0 Å². The average molecular weight is 268 g/mol. The van der Waals surface area contributed by atoms with E-state index in [0.717, 1.165) is 0 Å². The molecular weight excluding hydrogens is 258 g/mol. The van der Waals surface area contributed by atoms with Gasteiger partial charge in [-0.2, -0.15) is 24.7 Å². The van der Waals surface area contributed by atoms with E-state index in [4.69, 9.17) is 11.6 Å². The summed E-state index contributed by atoms with van der Waals surface area (Å²) >= 11 is 5.83. The van der Waals surface area contributed by atoms with Crippen molar-refractivity contribution in [3.05, 3.63) is 17.9 Å². The Morgan fingerprint density at radius 2 is 2.17 bits per heavy atom. The number of hydrogen-bond acceptors (Lipinski definition) is 7. The highest BCUT2D eigenvalue weighted by molar-refractivity contribution is 6.28. The Labute approximate surface area is 107 Å². The maximum atomic E-state index is 9.21. The highest BCUT2D eigenvalue weighted by Crippen LogP contribution is 2.23. The molecule has 8 nitrogen and oxygen atoms in total. The quantitative estimate of drug-likeness (QED) is 0.809. The molecule has 2 heterocycles. The summed E-state index contributed by atoms with van der Waals surface area (Å²) in [6.45, 7) is 0. The Morgan fingerprint density at radius 3 is 2.83 bits per heavy atom. The summed E-state index contributed by atoms with van der Waals surface area (Å²) in [5, 5.41) is 16.3. The van der Waals surface area contributed by atoms with Gasteiger partial charge in [0, 0.05) is 6.04 Å². The highest BCUT2D eigenvalue weighted by atomic mass is 35.5. The third-order valence-electron chi connectivity index (χ3n) is 2.67. The summed E-state index contributed by atoms with van der Waals surface area (Å²) in [6.07, 6.45) is 3.98. The van der Waals surface area contributed by atoms with Crippen LogP contribution in [0.3, 0.4) is 0 Å². The zero-order valence-corrected chi connectivity index (χ0v) is 9.99. The molecule has 94 valence electrons. The molecule has 2 N–H and O–H groups in total. The molecule has 2 aromatic rings. The van der Waals surface area contributed by atoms with E-state index in [1.807, 2.05) is 0 Å². The summed E-state index contributed by atoms with van der Waals surface area (Å²) < 4.78 is 1.40. The SMILES string of the molecule is OC1CC(Nc2nc(Cl)nc(-n3cncn3)n2)C1. The first kappa shape index (κ1) is 11.3. The Hall–Kier alpha value is -1.80. The molecule has 1 fully saturated rings. The van der Waals surface area contributed by atoms with Crippen molar-refractivity contribution in [2.75, 3.05) is 5.32 Å². The molecular formula is C9H10ClN7O. The van der Waals surface area contributed by atoms with E-state index in [1.54, 1.807) is 0 Å². The van der Waals surface area contributed by atoms with Crippen molar-refractivity contribution >= 4 is 17.5 Å². The first-order valence-corrected chi connectivity index (χ1v) is 5.79. The minimum absolute atomic E-state index is 0.0814. The van der Waals surface area contributed by atoms with Gasteiger partial charge in [0.2, 0.25) is 11.2 Å². The van der Waals surface area contributed by atoms with Crippen LogP contribution in [-0.2, 0) is 0 Å².